The first-order chi connectivity index (χ1) is 14.2. The van der Waals surface area contributed by atoms with Gasteiger partial charge in [0.05, 0.1) is 26.4 Å². The van der Waals surface area contributed by atoms with Gasteiger partial charge in [-0.15, -0.1) is 0 Å². The molecule has 2 heterocycles. The van der Waals surface area contributed by atoms with Crippen molar-refractivity contribution in [3.63, 3.8) is 0 Å². The number of benzene rings is 2. The Labute approximate surface area is 171 Å². The standard InChI is InChI=1S/C11H15NO2.C7H6O2.C4H9NO/c13-11-3-1-2-10(8-11)9-12-4-6-14-7-5-12;8-5-6-2-1-3-7(9)4-6;1-3-6-4-2-5-1/h1-3,8,13H,4-7,9H2;1-5,9H;5H,1-4H2. The molecule has 0 atom stereocenters. The zero-order chi connectivity index (χ0) is 20.7. The number of phenols is 2. The van der Waals surface area contributed by atoms with Crippen molar-refractivity contribution in [2.24, 2.45) is 0 Å². The molecule has 2 aromatic rings. The average molecular weight is 402 g/mol. The highest BCUT2D eigenvalue weighted by Crippen LogP contribution is 2.13. The van der Waals surface area contributed by atoms with Crippen LogP contribution in [0.4, 0.5) is 0 Å². The molecule has 0 unspecified atom stereocenters. The van der Waals surface area contributed by atoms with E-state index in [0.29, 0.717) is 17.6 Å². The van der Waals surface area contributed by atoms with Crippen molar-refractivity contribution < 1.29 is 24.5 Å². The number of aromatic hydroxyl groups is 2. The van der Waals surface area contributed by atoms with Crippen molar-refractivity contribution in [3.05, 3.63) is 59.7 Å². The Kier molecular flexibility index (Phi) is 10.8. The smallest absolute Gasteiger partial charge is 0.150 e. The lowest BCUT2D eigenvalue weighted by Gasteiger charge is -2.26. The van der Waals surface area contributed by atoms with E-state index in [9.17, 15) is 9.90 Å². The highest BCUT2D eigenvalue weighted by atomic mass is 16.5. The second-order valence-electron chi connectivity index (χ2n) is 6.63. The minimum absolute atomic E-state index is 0.125. The first-order valence-corrected chi connectivity index (χ1v) is 9.78. The van der Waals surface area contributed by atoms with Gasteiger partial charge < -0.3 is 25.0 Å². The molecule has 0 aromatic heterocycles. The van der Waals surface area contributed by atoms with Crippen LogP contribution in [0.2, 0.25) is 0 Å². The molecule has 2 fully saturated rings. The number of ether oxygens (including phenoxy) is 2. The number of nitrogens with one attached hydrogen (secondary N) is 1. The van der Waals surface area contributed by atoms with Crippen molar-refractivity contribution >= 4 is 6.29 Å². The van der Waals surface area contributed by atoms with Crippen LogP contribution < -0.4 is 5.32 Å². The fraction of sp³-hybridized carbons (Fsp3) is 0.409. The Bertz CT molecular complexity index is 704. The summed E-state index contributed by atoms with van der Waals surface area (Å²) in [6.07, 6.45) is 0.694. The summed E-state index contributed by atoms with van der Waals surface area (Å²) in [4.78, 5) is 12.4. The molecule has 2 aliphatic heterocycles. The number of hydrogen-bond donors (Lipinski definition) is 3. The summed E-state index contributed by atoms with van der Waals surface area (Å²) < 4.78 is 10.3. The Morgan fingerprint density at radius 2 is 1.52 bits per heavy atom. The summed E-state index contributed by atoms with van der Waals surface area (Å²) in [7, 11) is 0. The highest BCUT2D eigenvalue weighted by Gasteiger charge is 2.10. The van der Waals surface area contributed by atoms with Crippen LogP contribution in [0, 0.1) is 0 Å². The van der Waals surface area contributed by atoms with Crippen LogP contribution in [0.25, 0.3) is 0 Å². The third kappa shape index (κ3) is 10.0. The maximum absolute atomic E-state index is 10.0. The Hall–Kier alpha value is -2.45. The van der Waals surface area contributed by atoms with Gasteiger partial charge in [0, 0.05) is 38.3 Å². The average Bonchev–Trinajstić information content (AvgIpc) is 2.77. The zero-order valence-corrected chi connectivity index (χ0v) is 16.6. The Morgan fingerprint density at radius 1 is 0.897 bits per heavy atom. The maximum atomic E-state index is 10.0. The third-order valence-electron chi connectivity index (χ3n) is 4.27. The van der Waals surface area contributed by atoms with Gasteiger partial charge >= 0.3 is 0 Å². The predicted molar refractivity (Wildman–Crippen MR) is 111 cm³/mol. The predicted octanol–water partition coefficient (Wildman–Crippen LogP) is 2.04. The molecule has 3 N–H and O–H groups in total. The first-order valence-electron chi connectivity index (χ1n) is 9.78. The zero-order valence-electron chi connectivity index (χ0n) is 16.6. The number of carbonyl (C=O) groups is 1. The molecule has 0 bridgehead atoms. The van der Waals surface area contributed by atoms with E-state index in [0.717, 1.165) is 64.7 Å². The van der Waals surface area contributed by atoms with E-state index in [1.54, 1.807) is 18.2 Å². The SMILES string of the molecule is C1COCCN1.O=Cc1cccc(O)c1.Oc1cccc(CN2CCOCC2)c1. The molecule has 2 aliphatic rings. The van der Waals surface area contributed by atoms with Crippen molar-refractivity contribution in [1.29, 1.82) is 0 Å². The molecular weight excluding hydrogens is 372 g/mol. The number of nitrogens with zero attached hydrogens (tertiary/aromatic N) is 1. The van der Waals surface area contributed by atoms with E-state index < -0.39 is 0 Å². The van der Waals surface area contributed by atoms with E-state index in [1.165, 1.54) is 12.1 Å². The molecule has 7 nitrogen and oxygen atoms in total. The lowest BCUT2D eigenvalue weighted by Crippen LogP contribution is -2.35. The third-order valence-corrected chi connectivity index (χ3v) is 4.27. The lowest BCUT2D eigenvalue weighted by molar-refractivity contribution is 0.0342. The summed E-state index contributed by atoms with van der Waals surface area (Å²) in [5.74, 6) is 0.468. The molecule has 0 amide bonds. The van der Waals surface area contributed by atoms with Crippen LogP contribution in [0.15, 0.2) is 48.5 Å². The van der Waals surface area contributed by atoms with Crippen LogP contribution in [0.5, 0.6) is 11.5 Å². The van der Waals surface area contributed by atoms with Crippen molar-refractivity contribution in [2.75, 3.05) is 52.6 Å². The van der Waals surface area contributed by atoms with Crippen LogP contribution in [-0.2, 0) is 16.0 Å². The molecule has 2 aromatic carbocycles. The largest absolute Gasteiger partial charge is 0.508 e. The van der Waals surface area contributed by atoms with E-state index in [1.807, 2.05) is 18.2 Å². The van der Waals surface area contributed by atoms with Gasteiger partial charge in [0.2, 0.25) is 0 Å². The minimum atomic E-state index is 0.125. The number of morpholine rings is 2. The van der Waals surface area contributed by atoms with Gasteiger partial charge in [-0.25, -0.2) is 0 Å². The van der Waals surface area contributed by atoms with E-state index >= 15 is 0 Å². The molecule has 0 saturated carbocycles. The summed E-state index contributed by atoms with van der Waals surface area (Å²) in [6, 6.07) is 13.6. The first kappa shape index (κ1) is 22.8. The van der Waals surface area contributed by atoms with Gasteiger partial charge in [0.15, 0.2) is 0 Å². The fourth-order valence-electron chi connectivity index (χ4n) is 2.79. The van der Waals surface area contributed by atoms with E-state index in [-0.39, 0.29) is 5.75 Å². The minimum Gasteiger partial charge on any atom is -0.508 e. The van der Waals surface area contributed by atoms with Gasteiger partial charge in [-0.3, -0.25) is 9.69 Å². The number of rotatable bonds is 3. The normalized spacial score (nSPS) is 16.6. The topological polar surface area (TPSA) is 91.3 Å². The molecule has 29 heavy (non-hydrogen) atoms. The monoisotopic (exact) mass is 402 g/mol. The number of carbonyl (C=O) groups excluding carboxylic acids is 1. The summed E-state index contributed by atoms with van der Waals surface area (Å²) >= 11 is 0. The van der Waals surface area contributed by atoms with Crippen LogP contribution in [0.3, 0.4) is 0 Å². The summed E-state index contributed by atoms with van der Waals surface area (Å²) in [5.41, 5.74) is 1.65. The number of phenolic OH excluding ortho intramolecular Hbond substituents is 2. The molecule has 7 heteroatoms. The van der Waals surface area contributed by atoms with Gasteiger partial charge in [0.1, 0.15) is 17.8 Å². The molecule has 0 spiro atoms. The maximum Gasteiger partial charge on any atom is 0.150 e. The molecule has 0 radical (unpaired) electrons. The second kappa shape index (κ2) is 13.7. The quantitative estimate of drug-likeness (QED) is 0.677. The Morgan fingerprint density at radius 3 is 2.00 bits per heavy atom. The van der Waals surface area contributed by atoms with E-state index in [4.69, 9.17) is 14.6 Å². The van der Waals surface area contributed by atoms with Crippen LogP contribution in [-0.4, -0.2) is 74.0 Å². The molecule has 158 valence electrons. The van der Waals surface area contributed by atoms with Crippen molar-refractivity contribution in [1.82, 2.24) is 10.2 Å². The summed E-state index contributed by atoms with van der Waals surface area (Å²) in [6.45, 7) is 8.33. The van der Waals surface area contributed by atoms with Gasteiger partial charge in [-0.05, 0) is 29.8 Å². The van der Waals surface area contributed by atoms with Crippen LogP contribution >= 0.6 is 0 Å². The second-order valence-corrected chi connectivity index (χ2v) is 6.63. The number of hydrogen-bond acceptors (Lipinski definition) is 7. The molecule has 2 saturated heterocycles. The molecular formula is C22H30N2O5. The molecule has 0 aliphatic carbocycles. The summed E-state index contributed by atoms with van der Waals surface area (Å²) in [5, 5.41) is 21.2. The van der Waals surface area contributed by atoms with Crippen molar-refractivity contribution in [2.45, 2.75) is 6.54 Å². The fourth-order valence-corrected chi connectivity index (χ4v) is 2.79. The number of aldehydes is 1. The van der Waals surface area contributed by atoms with Gasteiger partial charge in [-0.2, -0.15) is 0 Å². The van der Waals surface area contributed by atoms with Gasteiger partial charge in [-0.1, -0.05) is 24.3 Å². The van der Waals surface area contributed by atoms with Crippen molar-refractivity contribution in [3.8, 4) is 11.5 Å². The Balaban J connectivity index is 0.000000171. The lowest BCUT2D eigenvalue weighted by atomic mass is 10.2. The molecule has 4 rings (SSSR count). The van der Waals surface area contributed by atoms with Crippen LogP contribution in [0.1, 0.15) is 15.9 Å². The van der Waals surface area contributed by atoms with E-state index in [2.05, 4.69) is 10.2 Å². The highest BCUT2D eigenvalue weighted by molar-refractivity contribution is 5.75. The van der Waals surface area contributed by atoms with Gasteiger partial charge in [0.25, 0.3) is 0 Å².